The van der Waals surface area contributed by atoms with Crippen LogP contribution in [0.2, 0.25) is 0 Å². The topological polar surface area (TPSA) is 98.8 Å². The number of hydrogen-bond donors (Lipinski definition) is 2. The van der Waals surface area contributed by atoms with Crippen LogP contribution in [-0.4, -0.2) is 50.7 Å². The van der Waals surface area contributed by atoms with Crippen LogP contribution in [0, 0.1) is 0 Å². The zero-order valence-corrected chi connectivity index (χ0v) is 20.2. The first kappa shape index (κ1) is 24.7. The fourth-order valence-electron chi connectivity index (χ4n) is 4.03. The van der Waals surface area contributed by atoms with E-state index in [9.17, 15) is 18.0 Å². The number of anilines is 3. The van der Waals surface area contributed by atoms with E-state index in [2.05, 4.69) is 15.5 Å². The first-order valence-corrected chi connectivity index (χ1v) is 12.8. The van der Waals surface area contributed by atoms with Gasteiger partial charge < -0.3 is 15.5 Å². The minimum atomic E-state index is -3.68. The van der Waals surface area contributed by atoms with Gasteiger partial charge in [0.15, 0.2) is 0 Å². The molecule has 0 radical (unpaired) electrons. The first-order chi connectivity index (χ1) is 15.8. The Morgan fingerprint density at radius 2 is 1.67 bits per heavy atom. The number of carbonyl (C=O) groups excluding carboxylic acids is 2. The molecule has 1 fully saturated rings. The number of nitrogens with one attached hydrogen (secondary N) is 2. The molecule has 3 rings (SSSR count). The zero-order valence-electron chi connectivity index (χ0n) is 19.4. The fraction of sp³-hybridized carbons (Fsp3) is 0.417. The molecule has 2 aromatic carbocycles. The molecule has 2 amide bonds. The third-order valence-corrected chi connectivity index (χ3v) is 7.75. The average Bonchev–Trinajstić information content (AvgIpc) is 2.80. The second kappa shape index (κ2) is 10.8. The number of nitrogens with zero attached hydrogens (tertiary/aromatic N) is 2. The van der Waals surface area contributed by atoms with Gasteiger partial charge in [0, 0.05) is 44.4 Å². The molecule has 0 bridgehead atoms. The van der Waals surface area contributed by atoms with E-state index >= 15 is 0 Å². The van der Waals surface area contributed by atoms with Crippen molar-refractivity contribution in [3.8, 4) is 0 Å². The van der Waals surface area contributed by atoms with Gasteiger partial charge >= 0.3 is 0 Å². The maximum absolute atomic E-state index is 13.1. The summed E-state index contributed by atoms with van der Waals surface area (Å²) in [5.74, 6) is -0.605. The van der Waals surface area contributed by atoms with Gasteiger partial charge in [0.05, 0.1) is 16.3 Å². The Morgan fingerprint density at radius 3 is 2.30 bits per heavy atom. The molecule has 33 heavy (non-hydrogen) atoms. The van der Waals surface area contributed by atoms with Crippen molar-refractivity contribution in [2.45, 2.75) is 44.9 Å². The summed E-state index contributed by atoms with van der Waals surface area (Å²) in [5.41, 5.74) is 2.15. The van der Waals surface area contributed by atoms with Gasteiger partial charge in [-0.3, -0.25) is 9.59 Å². The number of amides is 2. The van der Waals surface area contributed by atoms with E-state index in [0.29, 0.717) is 30.0 Å². The molecular weight excluding hydrogens is 440 g/mol. The molecule has 0 unspecified atom stereocenters. The SMILES string of the molecule is CCN(CC)S(=O)(=O)c1ccc(N2CCCCC2)c(NC(=O)c2cccc(NC(C)=O)c2)c1. The molecule has 1 aliphatic heterocycles. The number of rotatable bonds is 8. The molecule has 2 aromatic rings. The van der Waals surface area contributed by atoms with Gasteiger partial charge in [0.1, 0.15) is 0 Å². The molecule has 9 heteroatoms. The van der Waals surface area contributed by atoms with E-state index in [1.165, 1.54) is 11.2 Å². The average molecular weight is 473 g/mol. The van der Waals surface area contributed by atoms with Gasteiger partial charge in [-0.2, -0.15) is 4.31 Å². The molecule has 178 valence electrons. The van der Waals surface area contributed by atoms with Gasteiger partial charge in [-0.25, -0.2) is 8.42 Å². The summed E-state index contributed by atoms with van der Waals surface area (Å²) in [6.45, 7) is 7.43. The molecule has 0 aliphatic carbocycles. The quantitative estimate of drug-likeness (QED) is 0.607. The second-order valence-electron chi connectivity index (χ2n) is 8.03. The smallest absolute Gasteiger partial charge is 0.255 e. The van der Waals surface area contributed by atoms with Gasteiger partial charge in [0.25, 0.3) is 5.91 Å². The molecule has 8 nitrogen and oxygen atoms in total. The van der Waals surface area contributed by atoms with Crippen LogP contribution in [0.1, 0.15) is 50.4 Å². The lowest BCUT2D eigenvalue weighted by Gasteiger charge is -2.31. The van der Waals surface area contributed by atoms with Crippen molar-refractivity contribution in [2.75, 3.05) is 41.7 Å². The van der Waals surface area contributed by atoms with Crippen molar-refractivity contribution in [1.82, 2.24) is 4.31 Å². The van der Waals surface area contributed by atoms with E-state index in [0.717, 1.165) is 38.0 Å². The van der Waals surface area contributed by atoms with Crippen molar-refractivity contribution in [3.63, 3.8) is 0 Å². The van der Waals surface area contributed by atoms with E-state index in [1.54, 1.807) is 56.3 Å². The summed E-state index contributed by atoms with van der Waals surface area (Å²) >= 11 is 0. The standard InChI is InChI=1S/C24H32N4O4S/c1-4-28(5-2)33(31,32)21-12-13-23(27-14-7-6-8-15-27)22(17-21)26-24(30)19-10-9-11-20(16-19)25-18(3)29/h9-13,16-17H,4-8,14-15H2,1-3H3,(H,25,29)(H,26,30). The van der Waals surface area contributed by atoms with Gasteiger partial charge in [-0.05, 0) is 55.7 Å². The van der Waals surface area contributed by atoms with Crippen molar-refractivity contribution < 1.29 is 18.0 Å². The lowest BCUT2D eigenvalue weighted by Crippen LogP contribution is -2.32. The summed E-state index contributed by atoms with van der Waals surface area (Å²) in [7, 11) is -3.68. The number of piperidine rings is 1. The van der Waals surface area contributed by atoms with Crippen molar-refractivity contribution in [1.29, 1.82) is 0 Å². The fourth-order valence-corrected chi connectivity index (χ4v) is 5.52. The van der Waals surface area contributed by atoms with Crippen LogP contribution in [0.25, 0.3) is 0 Å². The summed E-state index contributed by atoms with van der Waals surface area (Å²) < 4.78 is 27.6. The van der Waals surface area contributed by atoms with Crippen molar-refractivity contribution >= 4 is 38.9 Å². The Hall–Kier alpha value is -2.91. The lowest BCUT2D eigenvalue weighted by molar-refractivity contribution is -0.114. The maximum Gasteiger partial charge on any atom is 0.255 e. The maximum atomic E-state index is 13.1. The molecule has 0 atom stereocenters. The second-order valence-corrected chi connectivity index (χ2v) is 9.97. The van der Waals surface area contributed by atoms with Crippen molar-refractivity contribution in [2.24, 2.45) is 0 Å². The monoisotopic (exact) mass is 472 g/mol. The van der Waals surface area contributed by atoms with Crippen LogP contribution in [0.3, 0.4) is 0 Å². The normalized spacial score (nSPS) is 14.2. The van der Waals surface area contributed by atoms with Gasteiger partial charge in [-0.15, -0.1) is 0 Å². The molecule has 0 aromatic heterocycles. The third kappa shape index (κ3) is 5.91. The van der Waals surface area contributed by atoms with E-state index < -0.39 is 10.0 Å². The molecule has 2 N–H and O–H groups in total. The Balaban J connectivity index is 1.98. The minimum absolute atomic E-state index is 0.147. The summed E-state index contributed by atoms with van der Waals surface area (Å²) in [4.78, 5) is 26.8. The van der Waals surface area contributed by atoms with Gasteiger partial charge in [0.2, 0.25) is 15.9 Å². The van der Waals surface area contributed by atoms with Crippen molar-refractivity contribution in [3.05, 3.63) is 48.0 Å². The summed E-state index contributed by atoms with van der Waals surface area (Å²) in [6.07, 6.45) is 3.25. The Morgan fingerprint density at radius 1 is 0.970 bits per heavy atom. The van der Waals surface area contributed by atoms with Gasteiger partial charge in [-0.1, -0.05) is 19.9 Å². The predicted molar refractivity (Wildman–Crippen MR) is 131 cm³/mol. The predicted octanol–water partition coefficient (Wildman–Crippen LogP) is 3.92. The molecule has 1 aliphatic rings. The van der Waals surface area contributed by atoms with Crippen LogP contribution >= 0.6 is 0 Å². The molecule has 0 spiro atoms. The summed E-state index contributed by atoms with van der Waals surface area (Å²) in [6, 6.07) is 11.6. The van der Waals surface area contributed by atoms with Crippen LogP contribution in [0.5, 0.6) is 0 Å². The largest absolute Gasteiger partial charge is 0.370 e. The van der Waals surface area contributed by atoms with E-state index in [1.807, 2.05) is 0 Å². The number of benzene rings is 2. The lowest BCUT2D eigenvalue weighted by atomic mass is 10.1. The highest BCUT2D eigenvalue weighted by atomic mass is 32.2. The molecule has 0 saturated carbocycles. The highest BCUT2D eigenvalue weighted by Crippen LogP contribution is 2.32. The van der Waals surface area contributed by atoms with E-state index in [-0.39, 0.29) is 16.7 Å². The molecular formula is C24H32N4O4S. The van der Waals surface area contributed by atoms with Crippen LogP contribution < -0.4 is 15.5 Å². The number of carbonyl (C=O) groups is 2. The first-order valence-electron chi connectivity index (χ1n) is 11.3. The molecule has 1 heterocycles. The third-order valence-electron chi connectivity index (χ3n) is 5.70. The van der Waals surface area contributed by atoms with E-state index in [4.69, 9.17) is 0 Å². The highest BCUT2D eigenvalue weighted by molar-refractivity contribution is 7.89. The Kier molecular flexibility index (Phi) is 8.10. The van der Waals surface area contributed by atoms with Crippen LogP contribution in [-0.2, 0) is 14.8 Å². The Labute approximate surface area is 196 Å². The number of sulfonamides is 1. The summed E-state index contributed by atoms with van der Waals surface area (Å²) in [5, 5.41) is 5.59. The van der Waals surface area contributed by atoms with Crippen LogP contribution in [0.4, 0.5) is 17.1 Å². The highest BCUT2D eigenvalue weighted by Gasteiger charge is 2.25. The minimum Gasteiger partial charge on any atom is -0.370 e. The van der Waals surface area contributed by atoms with Crippen LogP contribution in [0.15, 0.2) is 47.4 Å². The molecule has 1 saturated heterocycles. The Bertz CT molecular complexity index is 1110. The number of hydrogen-bond acceptors (Lipinski definition) is 5. The zero-order chi connectivity index (χ0) is 24.0.